The first-order valence-corrected chi connectivity index (χ1v) is 10.8. The highest BCUT2D eigenvalue weighted by atomic mass is 16.5. The van der Waals surface area contributed by atoms with Gasteiger partial charge in [0.1, 0.15) is 5.75 Å². The number of methoxy groups -OCH3 is 4. The largest absolute Gasteiger partial charge is 0.497 e. The SMILES string of the molecule is COC(=O)N1CCN2Cc3c(c4cc(OC)c(OC)cc4c4cc(OC)ccc34)C[C@H]2C1. The van der Waals surface area contributed by atoms with Crippen molar-refractivity contribution in [1.82, 2.24) is 9.80 Å². The second-order valence-corrected chi connectivity index (χ2v) is 8.37. The zero-order valence-electron chi connectivity index (χ0n) is 18.9. The quantitative estimate of drug-likeness (QED) is 0.582. The second-order valence-electron chi connectivity index (χ2n) is 8.37. The number of carbonyl (C=O) groups excluding carboxylic acids is 1. The average molecular weight is 437 g/mol. The summed E-state index contributed by atoms with van der Waals surface area (Å²) in [6, 6.07) is 10.7. The van der Waals surface area contributed by atoms with Crippen LogP contribution in [0.2, 0.25) is 0 Å². The van der Waals surface area contributed by atoms with Gasteiger partial charge in [0.25, 0.3) is 0 Å². The van der Waals surface area contributed by atoms with E-state index in [1.54, 1.807) is 21.3 Å². The van der Waals surface area contributed by atoms with E-state index in [1.807, 2.05) is 11.0 Å². The molecule has 0 spiro atoms. The van der Waals surface area contributed by atoms with E-state index in [9.17, 15) is 4.79 Å². The number of carbonyl (C=O) groups is 1. The highest BCUT2D eigenvalue weighted by Gasteiger charge is 2.35. The smallest absolute Gasteiger partial charge is 0.409 e. The van der Waals surface area contributed by atoms with Crippen LogP contribution in [0, 0.1) is 0 Å². The predicted molar refractivity (Wildman–Crippen MR) is 123 cm³/mol. The van der Waals surface area contributed by atoms with Gasteiger partial charge in [0, 0.05) is 32.2 Å². The van der Waals surface area contributed by atoms with Crippen molar-refractivity contribution < 1.29 is 23.7 Å². The molecule has 5 rings (SSSR count). The van der Waals surface area contributed by atoms with Crippen LogP contribution in [0.15, 0.2) is 30.3 Å². The van der Waals surface area contributed by atoms with Crippen LogP contribution in [0.25, 0.3) is 21.5 Å². The number of amides is 1. The lowest BCUT2D eigenvalue weighted by Gasteiger charge is -2.44. The Labute approximate surface area is 187 Å². The number of nitrogens with zero attached hydrogens (tertiary/aromatic N) is 2. The van der Waals surface area contributed by atoms with Gasteiger partial charge in [0.05, 0.1) is 28.4 Å². The van der Waals surface area contributed by atoms with E-state index in [4.69, 9.17) is 18.9 Å². The van der Waals surface area contributed by atoms with Gasteiger partial charge in [0.2, 0.25) is 0 Å². The van der Waals surface area contributed by atoms with Crippen molar-refractivity contribution in [3.05, 3.63) is 41.5 Å². The maximum Gasteiger partial charge on any atom is 0.409 e. The fraction of sp³-hybridized carbons (Fsp3) is 0.400. The lowest BCUT2D eigenvalue weighted by Crippen LogP contribution is -2.56. The zero-order valence-corrected chi connectivity index (χ0v) is 18.9. The minimum absolute atomic E-state index is 0.252. The first-order valence-electron chi connectivity index (χ1n) is 10.8. The molecule has 2 heterocycles. The summed E-state index contributed by atoms with van der Waals surface area (Å²) >= 11 is 0. The molecule has 0 unspecified atom stereocenters. The molecule has 168 valence electrons. The van der Waals surface area contributed by atoms with Crippen LogP contribution in [0.3, 0.4) is 0 Å². The monoisotopic (exact) mass is 436 g/mol. The molecule has 3 aromatic carbocycles. The Morgan fingerprint density at radius 3 is 2.25 bits per heavy atom. The Morgan fingerprint density at radius 2 is 1.56 bits per heavy atom. The minimum Gasteiger partial charge on any atom is -0.497 e. The molecule has 1 saturated heterocycles. The van der Waals surface area contributed by atoms with Crippen LogP contribution in [-0.4, -0.2) is 70.0 Å². The van der Waals surface area contributed by atoms with Gasteiger partial charge in [-0.3, -0.25) is 4.90 Å². The van der Waals surface area contributed by atoms with Crippen LogP contribution >= 0.6 is 0 Å². The van der Waals surface area contributed by atoms with Crippen LogP contribution in [0.4, 0.5) is 4.79 Å². The minimum atomic E-state index is -0.252. The highest BCUT2D eigenvalue weighted by molar-refractivity contribution is 6.12. The molecule has 7 heteroatoms. The van der Waals surface area contributed by atoms with Gasteiger partial charge in [-0.1, -0.05) is 6.07 Å². The maximum absolute atomic E-state index is 12.1. The molecule has 0 aromatic heterocycles. The molecule has 1 atom stereocenters. The zero-order chi connectivity index (χ0) is 22.4. The summed E-state index contributed by atoms with van der Waals surface area (Å²) in [6.07, 6.45) is 0.605. The first kappa shape index (κ1) is 20.7. The number of fused-ring (bicyclic) bond motifs is 7. The van der Waals surface area contributed by atoms with Crippen molar-refractivity contribution in [2.45, 2.75) is 19.0 Å². The number of benzene rings is 3. The van der Waals surface area contributed by atoms with Gasteiger partial charge in [0.15, 0.2) is 11.5 Å². The molecule has 7 nitrogen and oxygen atoms in total. The van der Waals surface area contributed by atoms with Gasteiger partial charge in [-0.2, -0.15) is 0 Å². The van der Waals surface area contributed by atoms with E-state index in [1.165, 1.54) is 23.6 Å². The Hall–Kier alpha value is -3.19. The van der Waals surface area contributed by atoms with Crippen molar-refractivity contribution >= 4 is 27.6 Å². The summed E-state index contributed by atoms with van der Waals surface area (Å²) in [6.45, 7) is 3.04. The molecular weight excluding hydrogens is 408 g/mol. The van der Waals surface area contributed by atoms with Crippen molar-refractivity contribution in [2.75, 3.05) is 48.1 Å². The summed E-state index contributed by atoms with van der Waals surface area (Å²) < 4.78 is 21.7. The van der Waals surface area contributed by atoms with E-state index >= 15 is 0 Å². The molecule has 3 aromatic rings. The molecule has 0 saturated carbocycles. The molecule has 1 fully saturated rings. The Morgan fingerprint density at radius 1 is 0.844 bits per heavy atom. The van der Waals surface area contributed by atoms with Crippen LogP contribution in [0.5, 0.6) is 17.2 Å². The summed E-state index contributed by atoms with van der Waals surface area (Å²) in [7, 11) is 6.46. The lowest BCUT2D eigenvalue weighted by molar-refractivity contribution is 0.0513. The van der Waals surface area contributed by atoms with Gasteiger partial charge in [-0.15, -0.1) is 0 Å². The Kier molecular flexibility index (Phi) is 5.21. The molecule has 0 bridgehead atoms. The molecule has 0 radical (unpaired) electrons. The van der Waals surface area contributed by atoms with Crippen LogP contribution in [0.1, 0.15) is 11.1 Å². The molecule has 0 N–H and O–H groups in total. The van der Waals surface area contributed by atoms with Gasteiger partial charge < -0.3 is 23.8 Å². The summed E-state index contributed by atoms with van der Waals surface area (Å²) in [5, 5.41) is 4.65. The van der Waals surface area contributed by atoms with Crippen molar-refractivity contribution in [3.63, 3.8) is 0 Å². The van der Waals surface area contributed by atoms with Gasteiger partial charge in [-0.25, -0.2) is 4.79 Å². The summed E-state index contributed by atoms with van der Waals surface area (Å²) in [5.41, 5.74) is 2.65. The van der Waals surface area contributed by atoms with E-state index < -0.39 is 0 Å². The fourth-order valence-electron chi connectivity index (χ4n) is 5.26. The first-order chi connectivity index (χ1) is 15.6. The number of piperazine rings is 1. The van der Waals surface area contributed by atoms with Gasteiger partial charge >= 0.3 is 6.09 Å². The standard InChI is InChI=1S/C25H28N2O5/c1-29-16-5-6-17-19(10-16)21-12-24(31-3)23(30-2)11-20(21)18-9-15-13-27(25(28)32-4)8-7-26(15)14-22(17)18/h5-6,10-12,15H,7-9,13-14H2,1-4H3/t15-/m0/s1. The Balaban J connectivity index is 1.72. The van der Waals surface area contributed by atoms with Crippen molar-refractivity contribution in [2.24, 2.45) is 0 Å². The number of hydrogen-bond donors (Lipinski definition) is 0. The third-order valence-electron chi connectivity index (χ3n) is 6.89. The normalized spacial score (nSPS) is 18.2. The van der Waals surface area contributed by atoms with E-state index in [-0.39, 0.29) is 12.1 Å². The predicted octanol–water partition coefficient (Wildman–Crippen LogP) is 3.83. The van der Waals surface area contributed by atoms with E-state index in [2.05, 4.69) is 29.2 Å². The fourth-order valence-corrected chi connectivity index (χ4v) is 5.26. The van der Waals surface area contributed by atoms with Crippen molar-refractivity contribution in [1.29, 1.82) is 0 Å². The molecule has 2 aliphatic heterocycles. The number of hydrogen-bond acceptors (Lipinski definition) is 6. The third kappa shape index (κ3) is 3.19. The summed E-state index contributed by atoms with van der Waals surface area (Å²) in [4.78, 5) is 16.4. The number of rotatable bonds is 3. The van der Waals surface area contributed by atoms with E-state index in [0.29, 0.717) is 24.6 Å². The molecule has 32 heavy (non-hydrogen) atoms. The summed E-state index contributed by atoms with van der Waals surface area (Å²) in [5.74, 6) is 2.25. The highest BCUT2D eigenvalue weighted by Crippen LogP contribution is 2.43. The molecule has 1 amide bonds. The van der Waals surface area contributed by atoms with Gasteiger partial charge in [-0.05, 0) is 63.4 Å². The molecule has 0 aliphatic carbocycles. The van der Waals surface area contributed by atoms with Crippen molar-refractivity contribution in [3.8, 4) is 17.2 Å². The molecular formula is C25H28N2O5. The second kappa shape index (κ2) is 8.06. The maximum atomic E-state index is 12.1. The van der Waals surface area contributed by atoms with E-state index in [0.717, 1.165) is 41.4 Å². The lowest BCUT2D eigenvalue weighted by atomic mass is 9.84. The van der Waals surface area contributed by atoms with Crippen LogP contribution < -0.4 is 14.2 Å². The number of ether oxygens (including phenoxy) is 4. The van der Waals surface area contributed by atoms with Crippen LogP contribution in [-0.2, 0) is 17.7 Å². The Bertz CT molecular complexity index is 1210. The molecule has 2 aliphatic rings. The topological polar surface area (TPSA) is 60.5 Å². The third-order valence-corrected chi connectivity index (χ3v) is 6.89. The average Bonchev–Trinajstić information content (AvgIpc) is 2.85.